The molecule has 0 atom stereocenters. The standard InChI is InChI=1S/C20H26N8O/c1-13(29)21-12-14-6-9-27(10-7-14)19-23-18-3-2-8-28(18)20(24-19)22-17-11-16(25-26-17)15-4-5-15/h2-3,8,11,14-15H,4-7,9-10,12H2,1H3,(H,21,29)(H2,22,23,24,25,26). The van der Waals surface area contributed by atoms with Gasteiger partial charge in [-0.05, 0) is 43.7 Å². The van der Waals surface area contributed by atoms with Gasteiger partial charge < -0.3 is 15.5 Å². The lowest BCUT2D eigenvalue weighted by Gasteiger charge is -2.32. The van der Waals surface area contributed by atoms with Crippen LogP contribution in [0, 0.1) is 5.92 Å². The van der Waals surface area contributed by atoms with Crippen LogP contribution in [0.5, 0.6) is 0 Å². The molecule has 0 spiro atoms. The Morgan fingerprint density at radius 1 is 1.24 bits per heavy atom. The number of anilines is 3. The number of H-pyrrole nitrogens is 1. The minimum Gasteiger partial charge on any atom is -0.356 e. The number of aromatic nitrogens is 5. The van der Waals surface area contributed by atoms with E-state index in [9.17, 15) is 4.79 Å². The summed E-state index contributed by atoms with van der Waals surface area (Å²) < 4.78 is 1.95. The predicted molar refractivity (Wildman–Crippen MR) is 110 cm³/mol. The molecule has 2 fully saturated rings. The van der Waals surface area contributed by atoms with Gasteiger partial charge in [-0.3, -0.25) is 14.3 Å². The van der Waals surface area contributed by atoms with Crippen LogP contribution in [0.25, 0.3) is 5.65 Å². The third-order valence-electron chi connectivity index (χ3n) is 5.75. The van der Waals surface area contributed by atoms with Crippen molar-refractivity contribution in [1.82, 2.24) is 29.9 Å². The van der Waals surface area contributed by atoms with E-state index >= 15 is 0 Å². The molecule has 0 radical (unpaired) electrons. The lowest BCUT2D eigenvalue weighted by atomic mass is 9.97. The minimum absolute atomic E-state index is 0.0359. The lowest BCUT2D eigenvalue weighted by molar-refractivity contribution is -0.119. The van der Waals surface area contributed by atoms with Crippen LogP contribution in [-0.2, 0) is 4.79 Å². The molecule has 4 heterocycles. The first-order chi connectivity index (χ1) is 14.2. The molecule has 3 aromatic heterocycles. The van der Waals surface area contributed by atoms with Crippen LogP contribution >= 0.6 is 0 Å². The lowest BCUT2D eigenvalue weighted by Crippen LogP contribution is -2.39. The molecule has 1 aliphatic carbocycles. The molecule has 0 aromatic carbocycles. The van der Waals surface area contributed by atoms with E-state index in [0.717, 1.165) is 61.5 Å². The maximum atomic E-state index is 11.1. The summed E-state index contributed by atoms with van der Waals surface area (Å²) in [4.78, 5) is 22.9. The third kappa shape index (κ3) is 3.90. The van der Waals surface area contributed by atoms with E-state index in [4.69, 9.17) is 9.97 Å². The molecule has 152 valence electrons. The monoisotopic (exact) mass is 394 g/mol. The van der Waals surface area contributed by atoms with Crippen molar-refractivity contribution in [3.8, 4) is 0 Å². The molecule has 1 saturated heterocycles. The van der Waals surface area contributed by atoms with Gasteiger partial charge in [-0.1, -0.05) is 0 Å². The molecular formula is C20H26N8O. The number of rotatable bonds is 6. The summed E-state index contributed by atoms with van der Waals surface area (Å²) in [6, 6.07) is 6.03. The number of carbonyl (C=O) groups is 1. The number of nitrogens with zero attached hydrogens (tertiary/aromatic N) is 5. The second-order valence-corrected chi connectivity index (χ2v) is 8.06. The molecule has 1 saturated carbocycles. The molecule has 5 rings (SSSR count). The Bertz CT molecular complexity index is 1010. The van der Waals surface area contributed by atoms with Gasteiger partial charge in [0.05, 0.1) is 5.69 Å². The number of aromatic amines is 1. The Kier molecular flexibility index (Phi) is 4.57. The number of piperidine rings is 1. The zero-order valence-electron chi connectivity index (χ0n) is 16.6. The summed E-state index contributed by atoms with van der Waals surface area (Å²) in [5.41, 5.74) is 1.98. The average Bonchev–Trinajstić information content (AvgIpc) is 3.27. The smallest absolute Gasteiger partial charge is 0.230 e. The maximum absolute atomic E-state index is 11.1. The van der Waals surface area contributed by atoms with Gasteiger partial charge in [-0.15, -0.1) is 0 Å². The summed E-state index contributed by atoms with van der Waals surface area (Å²) in [5, 5.41) is 13.8. The average molecular weight is 394 g/mol. The van der Waals surface area contributed by atoms with Gasteiger partial charge in [0.15, 0.2) is 0 Å². The molecule has 0 bridgehead atoms. The molecule has 9 heteroatoms. The van der Waals surface area contributed by atoms with Gasteiger partial charge in [-0.2, -0.15) is 15.1 Å². The number of fused-ring (bicyclic) bond motifs is 1. The summed E-state index contributed by atoms with van der Waals surface area (Å²) in [7, 11) is 0. The fourth-order valence-electron chi connectivity index (χ4n) is 3.88. The van der Waals surface area contributed by atoms with Gasteiger partial charge in [0.25, 0.3) is 0 Å². The van der Waals surface area contributed by atoms with E-state index in [1.54, 1.807) is 6.92 Å². The van der Waals surface area contributed by atoms with E-state index in [0.29, 0.717) is 11.8 Å². The highest BCUT2D eigenvalue weighted by Crippen LogP contribution is 2.39. The first-order valence-electron chi connectivity index (χ1n) is 10.3. The Hall–Kier alpha value is -3.10. The van der Waals surface area contributed by atoms with E-state index in [1.165, 1.54) is 12.8 Å². The Balaban J connectivity index is 1.33. The number of nitrogens with one attached hydrogen (secondary N) is 3. The second kappa shape index (κ2) is 7.38. The number of carbonyl (C=O) groups excluding carboxylic acids is 1. The highest BCUT2D eigenvalue weighted by atomic mass is 16.1. The zero-order chi connectivity index (χ0) is 19.8. The maximum Gasteiger partial charge on any atom is 0.230 e. The molecule has 1 amide bonds. The predicted octanol–water partition coefficient (Wildman–Crippen LogP) is 2.43. The van der Waals surface area contributed by atoms with Crippen molar-refractivity contribution >= 4 is 29.3 Å². The van der Waals surface area contributed by atoms with Crippen molar-refractivity contribution < 1.29 is 4.79 Å². The minimum atomic E-state index is 0.0359. The van der Waals surface area contributed by atoms with Gasteiger partial charge >= 0.3 is 0 Å². The second-order valence-electron chi connectivity index (χ2n) is 8.06. The van der Waals surface area contributed by atoms with Crippen molar-refractivity contribution in [1.29, 1.82) is 0 Å². The van der Waals surface area contributed by atoms with Crippen molar-refractivity contribution in [3.63, 3.8) is 0 Å². The number of hydrogen-bond acceptors (Lipinski definition) is 6. The van der Waals surface area contributed by atoms with Crippen molar-refractivity contribution in [2.75, 3.05) is 29.9 Å². The third-order valence-corrected chi connectivity index (χ3v) is 5.75. The van der Waals surface area contributed by atoms with Crippen molar-refractivity contribution in [2.24, 2.45) is 5.92 Å². The molecule has 3 N–H and O–H groups in total. The number of amides is 1. The van der Waals surface area contributed by atoms with Crippen LogP contribution in [0.15, 0.2) is 24.4 Å². The molecule has 3 aromatic rings. The van der Waals surface area contributed by atoms with Crippen LogP contribution in [-0.4, -0.2) is 50.1 Å². The molecular weight excluding hydrogens is 368 g/mol. The fourth-order valence-corrected chi connectivity index (χ4v) is 3.88. The van der Waals surface area contributed by atoms with Crippen LogP contribution in [0.2, 0.25) is 0 Å². The summed E-state index contributed by atoms with van der Waals surface area (Å²) in [6.07, 6.45) is 6.44. The summed E-state index contributed by atoms with van der Waals surface area (Å²) in [6.45, 7) is 4.09. The Labute approximate surface area is 168 Å². The van der Waals surface area contributed by atoms with Gasteiger partial charge in [0.2, 0.25) is 17.8 Å². The largest absolute Gasteiger partial charge is 0.356 e. The van der Waals surface area contributed by atoms with Crippen molar-refractivity contribution in [2.45, 2.75) is 38.5 Å². The molecule has 29 heavy (non-hydrogen) atoms. The molecule has 1 aliphatic heterocycles. The van der Waals surface area contributed by atoms with E-state index in [2.05, 4.69) is 31.8 Å². The highest BCUT2D eigenvalue weighted by Gasteiger charge is 2.26. The Morgan fingerprint density at radius 3 is 2.83 bits per heavy atom. The van der Waals surface area contributed by atoms with Gasteiger partial charge in [0.1, 0.15) is 11.5 Å². The van der Waals surface area contributed by atoms with Gasteiger partial charge in [0, 0.05) is 44.7 Å². The summed E-state index contributed by atoms with van der Waals surface area (Å²) >= 11 is 0. The van der Waals surface area contributed by atoms with Crippen molar-refractivity contribution in [3.05, 3.63) is 30.1 Å². The molecule has 0 unspecified atom stereocenters. The topological polar surface area (TPSA) is 103 Å². The van der Waals surface area contributed by atoms with E-state index < -0.39 is 0 Å². The van der Waals surface area contributed by atoms with Crippen LogP contribution in [0.1, 0.15) is 44.2 Å². The molecule has 2 aliphatic rings. The van der Waals surface area contributed by atoms with E-state index in [1.807, 2.05) is 22.7 Å². The van der Waals surface area contributed by atoms with Crippen LogP contribution in [0.4, 0.5) is 17.7 Å². The zero-order valence-corrected chi connectivity index (χ0v) is 16.6. The highest BCUT2D eigenvalue weighted by molar-refractivity contribution is 5.72. The van der Waals surface area contributed by atoms with Gasteiger partial charge in [-0.25, -0.2) is 0 Å². The Morgan fingerprint density at radius 2 is 2.07 bits per heavy atom. The number of hydrogen-bond donors (Lipinski definition) is 3. The summed E-state index contributed by atoms with van der Waals surface area (Å²) in [5.74, 6) is 3.46. The first kappa shape index (κ1) is 18.0. The fraction of sp³-hybridized carbons (Fsp3) is 0.500. The van der Waals surface area contributed by atoms with Crippen LogP contribution in [0.3, 0.4) is 0 Å². The quantitative estimate of drug-likeness (QED) is 0.593. The van der Waals surface area contributed by atoms with E-state index in [-0.39, 0.29) is 5.91 Å². The normalized spacial score (nSPS) is 17.6. The SMILES string of the molecule is CC(=O)NCC1CCN(c2nc(Nc3cc(C4CC4)n[nH]3)n3cccc3n2)CC1. The molecule has 9 nitrogen and oxygen atoms in total. The van der Waals surface area contributed by atoms with Crippen LogP contribution < -0.4 is 15.5 Å². The first-order valence-corrected chi connectivity index (χ1v) is 10.3.